The summed E-state index contributed by atoms with van der Waals surface area (Å²) in [6.07, 6.45) is 0. The number of carbonyl (C=O) groups excluding carboxylic acids is 2. The molecule has 0 saturated carbocycles. The van der Waals surface area contributed by atoms with E-state index in [1.807, 2.05) is 0 Å². The number of hydrogen-bond acceptors (Lipinski definition) is 7. The van der Waals surface area contributed by atoms with Crippen LogP contribution in [0, 0.1) is 0 Å². The van der Waals surface area contributed by atoms with Crippen molar-refractivity contribution < 1.29 is 30.0 Å². The Kier molecular flexibility index (Phi) is 8.64. The van der Waals surface area contributed by atoms with Gasteiger partial charge < -0.3 is 30.0 Å². The zero-order valence-electron chi connectivity index (χ0n) is 5.80. The summed E-state index contributed by atoms with van der Waals surface area (Å²) in [6, 6.07) is 0. The van der Waals surface area contributed by atoms with Crippen molar-refractivity contribution in [2.45, 2.75) is 10.9 Å². The van der Waals surface area contributed by atoms with Crippen molar-refractivity contribution in [3.63, 3.8) is 0 Å². The third kappa shape index (κ3) is 6.04. The van der Waals surface area contributed by atoms with E-state index in [9.17, 15) is 19.8 Å². The number of aliphatic hydroxyl groups is 2. The van der Waals surface area contributed by atoms with E-state index in [2.05, 4.69) is 0 Å². The Hall–Kier alpha value is 0.470. The van der Waals surface area contributed by atoms with Crippen LogP contribution in [0.15, 0.2) is 0 Å². The van der Waals surface area contributed by atoms with Crippen LogP contribution >= 0.6 is 11.8 Å². The third-order valence-electron chi connectivity index (χ3n) is 0.661. The molecule has 0 aromatic carbocycles. The summed E-state index contributed by atoms with van der Waals surface area (Å²) in [5, 5.41) is 36.3. The van der Waals surface area contributed by atoms with Gasteiger partial charge in [0.1, 0.15) is 10.9 Å². The topological polar surface area (TPSA) is 121 Å². The van der Waals surface area contributed by atoms with E-state index < -0.39 is 22.8 Å². The van der Waals surface area contributed by atoms with Crippen LogP contribution in [0.5, 0.6) is 0 Å². The van der Waals surface area contributed by atoms with Crippen LogP contribution in [0.25, 0.3) is 0 Å². The molecule has 64 valence electrons. The predicted octanol–water partition coefficient (Wildman–Crippen LogP) is -4.52. The van der Waals surface area contributed by atoms with Crippen LogP contribution < -0.4 is 10.2 Å². The van der Waals surface area contributed by atoms with Crippen molar-refractivity contribution in [3.05, 3.63) is 0 Å². The second kappa shape index (κ2) is 6.93. The van der Waals surface area contributed by atoms with Gasteiger partial charge in [-0.3, -0.25) is 0 Å². The molecule has 0 aromatic rings. The van der Waals surface area contributed by atoms with Gasteiger partial charge in [-0.05, 0) is 0 Å². The predicted molar refractivity (Wildman–Crippen MR) is 35.4 cm³/mol. The van der Waals surface area contributed by atoms with E-state index in [0.717, 1.165) is 0 Å². The molecule has 0 aromatic heterocycles. The maximum Gasteiger partial charge on any atom is 2.00 e. The molecule has 0 heterocycles. The standard InChI is InChI=1S/C4H6O6S.Ca/c5-1(6)3(9)11-4(10)2(7)8;/h3-4,9-10H,(H,5,6)(H,7,8);/q;+2/p-2. The van der Waals surface area contributed by atoms with Gasteiger partial charge in [0.2, 0.25) is 0 Å². The first-order chi connectivity index (χ1) is 4.95. The van der Waals surface area contributed by atoms with Crippen molar-refractivity contribution in [2.24, 2.45) is 0 Å². The second-order valence-corrected chi connectivity index (χ2v) is 2.64. The van der Waals surface area contributed by atoms with Gasteiger partial charge in [0.15, 0.2) is 0 Å². The number of thioether (sulfide) groups is 1. The molecule has 6 nitrogen and oxygen atoms in total. The molecule has 0 bridgehead atoms. The van der Waals surface area contributed by atoms with Gasteiger partial charge >= 0.3 is 37.7 Å². The number of carboxylic acids is 2. The zero-order valence-corrected chi connectivity index (χ0v) is 8.82. The minimum absolute atomic E-state index is 0. The number of carbonyl (C=O) groups is 2. The molecule has 0 rings (SSSR count). The van der Waals surface area contributed by atoms with Crippen LogP contribution in [0.1, 0.15) is 0 Å². The summed E-state index contributed by atoms with van der Waals surface area (Å²) in [7, 11) is 0. The summed E-state index contributed by atoms with van der Waals surface area (Å²) in [4.78, 5) is 19.5. The van der Waals surface area contributed by atoms with Crippen LogP contribution in [-0.2, 0) is 9.59 Å². The first kappa shape index (κ1) is 15.0. The van der Waals surface area contributed by atoms with E-state index in [0.29, 0.717) is 0 Å². The normalized spacial score (nSPS) is 14.2. The van der Waals surface area contributed by atoms with Crippen molar-refractivity contribution in [1.29, 1.82) is 0 Å². The van der Waals surface area contributed by atoms with Crippen molar-refractivity contribution >= 4 is 61.4 Å². The van der Waals surface area contributed by atoms with Gasteiger partial charge in [-0.1, -0.05) is 11.8 Å². The molecule has 2 N–H and O–H groups in total. The monoisotopic (exact) mass is 220 g/mol. The Labute approximate surface area is 102 Å². The number of rotatable bonds is 4. The Bertz CT molecular complexity index is 155. The molecule has 0 radical (unpaired) electrons. The minimum Gasteiger partial charge on any atom is -0.546 e. The van der Waals surface area contributed by atoms with Gasteiger partial charge in [-0.25, -0.2) is 0 Å². The molecule has 12 heavy (non-hydrogen) atoms. The molecule has 0 amide bonds. The van der Waals surface area contributed by atoms with E-state index in [-0.39, 0.29) is 49.5 Å². The first-order valence-electron chi connectivity index (χ1n) is 2.38. The van der Waals surface area contributed by atoms with E-state index in [1.54, 1.807) is 0 Å². The summed E-state index contributed by atoms with van der Waals surface area (Å²) in [5.41, 5.74) is -4.13. The molecule has 0 aliphatic carbocycles. The number of carboxylic acid groups (broad SMARTS) is 2. The van der Waals surface area contributed by atoms with Crippen molar-refractivity contribution in [3.8, 4) is 0 Å². The van der Waals surface area contributed by atoms with Crippen LogP contribution in [0.4, 0.5) is 0 Å². The van der Waals surface area contributed by atoms with E-state index in [1.165, 1.54) is 0 Å². The number of aliphatic carboxylic acids is 2. The molecule has 2 atom stereocenters. The summed E-state index contributed by atoms with van der Waals surface area (Å²) in [5.74, 6) is -3.73. The van der Waals surface area contributed by atoms with Crippen LogP contribution in [0.2, 0.25) is 0 Å². The molecule has 2 unspecified atom stereocenters. The average Bonchev–Trinajstić information content (AvgIpc) is 1.87. The van der Waals surface area contributed by atoms with Crippen molar-refractivity contribution in [2.75, 3.05) is 0 Å². The smallest absolute Gasteiger partial charge is 0.546 e. The summed E-state index contributed by atoms with van der Waals surface area (Å²) >= 11 is -0.0972. The largest absolute Gasteiger partial charge is 2.00 e. The Balaban J connectivity index is 0. The molecule has 0 saturated heterocycles. The Morgan fingerprint density at radius 1 is 1.08 bits per heavy atom. The van der Waals surface area contributed by atoms with Gasteiger partial charge in [-0.15, -0.1) is 0 Å². The molecule has 0 spiro atoms. The summed E-state index contributed by atoms with van der Waals surface area (Å²) in [6.45, 7) is 0. The first-order valence-corrected chi connectivity index (χ1v) is 3.32. The van der Waals surface area contributed by atoms with Gasteiger partial charge in [-0.2, -0.15) is 0 Å². The molecular formula is C4H4CaO6S. The SMILES string of the molecule is O=C([O-])C(O)SC(O)C(=O)[O-].[Ca+2]. The van der Waals surface area contributed by atoms with Crippen LogP contribution in [0.3, 0.4) is 0 Å². The molecule has 8 heteroatoms. The van der Waals surface area contributed by atoms with Gasteiger partial charge in [0.05, 0.1) is 11.9 Å². The second-order valence-electron chi connectivity index (χ2n) is 1.48. The molecule has 0 aliphatic rings. The number of aliphatic hydroxyl groups excluding tert-OH is 2. The summed E-state index contributed by atoms with van der Waals surface area (Å²) < 4.78 is 0. The Morgan fingerprint density at radius 3 is 1.50 bits per heavy atom. The quantitative estimate of drug-likeness (QED) is 0.361. The molecular weight excluding hydrogens is 216 g/mol. The zero-order chi connectivity index (χ0) is 9.02. The van der Waals surface area contributed by atoms with Gasteiger partial charge in [0, 0.05) is 0 Å². The average molecular weight is 220 g/mol. The Morgan fingerprint density at radius 2 is 1.33 bits per heavy atom. The molecule has 0 fully saturated rings. The number of hydrogen-bond donors (Lipinski definition) is 2. The van der Waals surface area contributed by atoms with Crippen molar-refractivity contribution in [1.82, 2.24) is 0 Å². The minimum atomic E-state index is -2.07. The van der Waals surface area contributed by atoms with Gasteiger partial charge in [0.25, 0.3) is 0 Å². The van der Waals surface area contributed by atoms with E-state index >= 15 is 0 Å². The fourth-order valence-corrected chi connectivity index (χ4v) is 0.700. The maximum atomic E-state index is 9.75. The van der Waals surface area contributed by atoms with Crippen LogP contribution in [-0.4, -0.2) is 70.8 Å². The fraction of sp³-hybridized carbons (Fsp3) is 0.500. The molecule has 0 aliphatic heterocycles. The fourth-order valence-electron chi connectivity index (χ4n) is 0.233. The van der Waals surface area contributed by atoms with E-state index in [4.69, 9.17) is 10.2 Å². The maximum absolute atomic E-state index is 9.75. The third-order valence-corrected chi connectivity index (χ3v) is 1.56.